The molecule has 1 N–H and O–H groups in total. The van der Waals surface area contributed by atoms with Crippen LogP contribution in [0.3, 0.4) is 0 Å². The normalized spacial score (nSPS) is 10.8. The van der Waals surface area contributed by atoms with Crippen molar-refractivity contribution in [2.75, 3.05) is 0 Å². The van der Waals surface area contributed by atoms with Gasteiger partial charge in [0.15, 0.2) is 0 Å². The smallest absolute Gasteiger partial charge is 0.229 e. The fourth-order valence-electron chi connectivity index (χ4n) is 2.71. The number of unbranched alkanes of at least 4 members (excludes halogenated alkanes) is 14. The van der Waals surface area contributed by atoms with Crippen molar-refractivity contribution >= 4 is 18.7 Å². The molecule has 0 aromatic heterocycles. The van der Waals surface area contributed by atoms with E-state index in [1.807, 2.05) is 0 Å². The number of hydrogen-bond acceptors (Lipinski definition) is 2. The SMILES string of the molecule is CCCCCCCCCCCCCCCCCC(=O)NS. The first kappa shape index (κ1) is 20.8. The molecule has 126 valence electrons. The van der Waals surface area contributed by atoms with Crippen LogP contribution in [0.2, 0.25) is 0 Å². The highest BCUT2D eigenvalue weighted by Crippen LogP contribution is 2.13. The predicted octanol–water partition coefficient (Wildman–Crippen LogP) is 6.21. The van der Waals surface area contributed by atoms with Gasteiger partial charge < -0.3 is 4.72 Å². The van der Waals surface area contributed by atoms with Gasteiger partial charge in [-0.15, -0.1) is 0 Å². The van der Waals surface area contributed by atoms with E-state index < -0.39 is 0 Å². The number of rotatable bonds is 16. The molecular formula is C18H37NOS. The van der Waals surface area contributed by atoms with Gasteiger partial charge in [-0.2, -0.15) is 0 Å². The first-order chi connectivity index (χ1) is 10.3. The third kappa shape index (κ3) is 17.8. The first-order valence-corrected chi connectivity index (χ1v) is 9.69. The Morgan fingerprint density at radius 2 is 1.00 bits per heavy atom. The fraction of sp³-hybridized carbons (Fsp3) is 0.944. The van der Waals surface area contributed by atoms with E-state index in [-0.39, 0.29) is 5.91 Å². The van der Waals surface area contributed by atoms with Crippen LogP contribution in [0.4, 0.5) is 0 Å². The summed E-state index contributed by atoms with van der Waals surface area (Å²) in [6.07, 6.45) is 21.0. The van der Waals surface area contributed by atoms with E-state index in [0.29, 0.717) is 6.42 Å². The maximum Gasteiger partial charge on any atom is 0.229 e. The average molecular weight is 316 g/mol. The lowest BCUT2D eigenvalue weighted by Gasteiger charge is -2.03. The second-order valence-electron chi connectivity index (χ2n) is 6.23. The Hall–Kier alpha value is -0.180. The van der Waals surface area contributed by atoms with Crippen molar-refractivity contribution in [1.82, 2.24) is 4.72 Å². The summed E-state index contributed by atoms with van der Waals surface area (Å²) < 4.78 is 2.37. The number of carbonyl (C=O) groups excluding carboxylic acids is 1. The standard InChI is InChI=1S/C18H37NOS/c1-2-3-4-5-6-7-8-9-10-11-12-13-14-15-16-17-18(20)19-21/h21H,2-17H2,1H3,(H,19,20). The molecule has 0 saturated heterocycles. The fourth-order valence-corrected chi connectivity index (χ4v) is 2.82. The van der Waals surface area contributed by atoms with Crippen LogP contribution in [0.15, 0.2) is 0 Å². The van der Waals surface area contributed by atoms with E-state index in [1.165, 1.54) is 89.9 Å². The average Bonchev–Trinajstić information content (AvgIpc) is 2.50. The molecule has 2 nitrogen and oxygen atoms in total. The number of thiol groups is 1. The summed E-state index contributed by atoms with van der Waals surface area (Å²) in [5, 5.41) is 0. The molecule has 0 radical (unpaired) electrons. The van der Waals surface area contributed by atoms with E-state index in [0.717, 1.165) is 6.42 Å². The van der Waals surface area contributed by atoms with Crippen LogP contribution < -0.4 is 4.72 Å². The zero-order valence-corrected chi connectivity index (χ0v) is 15.1. The third-order valence-corrected chi connectivity index (χ3v) is 4.38. The molecule has 3 heteroatoms. The third-order valence-electron chi connectivity index (χ3n) is 4.13. The van der Waals surface area contributed by atoms with Crippen LogP contribution in [0.5, 0.6) is 0 Å². The van der Waals surface area contributed by atoms with Gasteiger partial charge in [0.1, 0.15) is 0 Å². The molecule has 0 bridgehead atoms. The van der Waals surface area contributed by atoms with E-state index in [1.54, 1.807) is 0 Å². The molecule has 0 aromatic carbocycles. The van der Waals surface area contributed by atoms with Gasteiger partial charge in [-0.25, -0.2) is 0 Å². The van der Waals surface area contributed by atoms with Gasteiger partial charge in [0, 0.05) is 6.42 Å². The Labute approximate surface area is 138 Å². The molecule has 1 amide bonds. The van der Waals surface area contributed by atoms with Crippen molar-refractivity contribution < 1.29 is 4.79 Å². The molecule has 0 fully saturated rings. The Morgan fingerprint density at radius 1 is 0.667 bits per heavy atom. The molecule has 0 heterocycles. The minimum atomic E-state index is 0.0491. The summed E-state index contributed by atoms with van der Waals surface area (Å²) in [4.78, 5) is 11.0. The van der Waals surface area contributed by atoms with E-state index >= 15 is 0 Å². The summed E-state index contributed by atoms with van der Waals surface area (Å²) >= 11 is 3.74. The van der Waals surface area contributed by atoms with Crippen molar-refractivity contribution in [1.29, 1.82) is 0 Å². The van der Waals surface area contributed by atoms with Crippen LogP contribution in [0.1, 0.15) is 110 Å². The van der Waals surface area contributed by atoms with Crippen LogP contribution in [-0.2, 0) is 4.79 Å². The molecule has 0 aromatic rings. The van der Waals surface area contributed by atoms with Crippen molar-refractivity contribution in [2.45, 2.75) is 110 Å². The minimum Gasteiger partial charge on any atom is -0.303 e. The highest BCUT2D eigenvalue weighted by molar-refractivity contribution is 7.78. The zero-order valence-electron chi connectivity index (χ0n) is 14.2. The molecule has 0 rings (SSSR count). The van der Waals surface area contributed by atoms with Crippen molar-refractivity contribution in [3.63, 3.8) is 0 Å². The molecule has 21 heavy (non-hydrogen) atoms. The zero-order chi connectivity index (χ0) is 15.6. The number of carbonyl (C=O) groups is 1. The van der Waals surface area contributed by atoms with Crippen LogP contribution >= 0.6 is 12.8 Å². The number of hydrogen-bond donors (Lipinski definition) is 2. The van der Waals surface area contributed by atoms with Crippen molar-refractivity contribution in [3.8, 4) is 0 Å². The minimum absolute atomic E-state index is 0.0491. The summed E-state index contributed by atoms with van der Waals surface area (Å²) in [6, 6.07) is 0. The van der Waals surface area contributed by atoms with Gasteiger partial charge in [-0.05, 0) is 6.42 Å². The molecule has 0 spiro atoms. The molecule has 0 unspecified atom stereocenters. The first-order valence-electron chi connectivity index (χ1n) is 9.24. The van der Waals surface area contributed by atoms with Crippen LogP contribution in [0.25, 0.3) is 0 Å². The molecule has 0 aliphatic rings. The lowest BCUT2D eigenvalue weighted by molar-refractivity contribution is -0.119. The second-order valence-corrected chi connectivity index (χ2v) is 6.46. The van der Waals surface area contributed by atoms with Gasteiger partial charge >= 0.3 is 0 Å². The molecule has 0 aliphatic carbocycles. The van der Waals surface area contributed by atoms with Crippen molar-refractivity contribution in [2.24, 2.45) is 0 Å². The van der Waals surface area contributed by atoms with Crippen molar-refractivity contribution in [3.05, 3.63) is 0 Å². The van der Waals surface area contributed by atoms with Gasteiger partial charge in [0.2, 0.25) is 5.91 Å². The molecular weight excluding hydrogens is 278 g/mol. The maximum atomic E-state index is 11.0. The summed E-state index contributed by atoms with van der Waals surface area (Å²) in [7, 11) is 0. The topological polar surface area (TPSA) is 29.1 Å². The molecule has 0 atom stereocenters. The summed E-state index contributed by atoms with van der Waals surface area (Å²) in [5.41, 5.74) is 0. The molecule has 0 aliphatic heterocycles. The Kier molecular flexibility index (Phi) is 17.7. The Bertz CT molecular complexity index is 221. The number of amides is 1. The Balaban J connectivity index is 2.98. The Morgan fingerprint density at radius 3 is 1.33 bits per heavy atom. The monoisotopic (exact) mass is 315 g/mol. The van der Waals surface area contributed by atoms with E-state index in [9.17, 15) is 4.79 Å². The highest BCUT2D eigenvalue weighted by atomic mass is 32.1. The largest absolute Gasteiger partial charge is 0.303 e. The van der Waals surface area contributed by atoms with E-state index in [2.05, 4.69) is 24.5 Å². The summed E-state index contributed by atoms with van der Waals surface area (Å²) in [6.45, 7) is 2.28. The number of nitrogens with one attached hydrogen (secondary N) is 1. The summed E-state index contributed by atoms with van der Waals surface area (Å²) in [5.74, 6) is 0.0491. The van der Waals surface area contributed by atoms with Gasteiger partial charge in [-0.3, -0.25) is 4.79 Å². The van der Waals surface area contributed by atoms with E-state index in [4.69, 9.17) is 0 Å². The van der Waals surface area contributed by atoms with Gasteiger partial charge in [-0.1, -0.05) is 110 Å². The lowest BCUT2D eigenvalue weighted by Crippen LogP contribution is -2.11. The van der Waals surface area contributed by atoms with Crippen LogP contribution in [0, 0.1) is 0 Å². The lowest BCUT2D eigenvalue weighted by atomic mass is 10.0. The van der Waals surface area contributed by atoms with Gasteiger partial charge in [0.05, 0.1) is 0 Å². The quantitative estimate of drug-likeness (QED) is 0.257. The highest BCUT2D eigenvalue weighted by Gasteiger charge is 1.98. The molecule has 0 saturated carbocycles. The van der Waals surface area contributed by atoms with Gasteiger partial charge in [0.25, 0.3) is 0 Å². The van der Waals surface area contributed by atoms with Crippen LogP contribution in [-0.4, -0.2) is 5.91 Å². The second kappa shape index (κ2) is 17.9. The maximum absolute atomic E-state index is 11.0. The predicted molar refractivity (Wildman–Crippen MR) is 96.7 cm³/mol.